The highest BCUT2D eigenvalue weighted by atomic mass is 32.1. The first-order valence-corrected chi connectivity index (χ1v) is 11.5. The Kier molecular flexibility index (Phi) is 6.38. The zero-order chi connectivity index (χ0) is 22.0. The average molecular weight is 439 g/mol. The molecule has 0 fully saturated rings. The third-order valence-electron chi connectivity index (χ3n) is 5.59. The number of carbonyl (C=O) groups excluding carboxylic acids is 1. The molecule has 31 heavy (non-hydrogen) atoms. The minimum absolute atomic E-state index is 0.00243. The molecule has 7 nitrogen and oxygen atoms in total. The van der Waals surface area contributed by atoms with Crippen molar-refractivity contribution in [3.63, 3.8) is 0 Å². The predicted molar refractivity (Wildman–Crippen MR) is 125 cm³/mol. The predicted octanol–water partition coefficient (Wildman–Crippen LogP) is 3.97. The number of carbonyl (C=O) groups is 1. The monoisotopic (exact) mass is 438 g/mol. The molecule has 2 aromatic heterocycles. The van der Waals surface area contributed by atoms with Crippen LogP contribution in [0.4, 0.5) is 5.82 Å². The van der Waals surface area contributed by atoms with Crippen LogP contribution in [0.5, 0.6) is 0 Å². The van der Waals surface area contributed by atoms with E-state index in [0.29, 0.717) is 18.7 Å². The fraction of sp³-hybridized carbons (Fsp3) is 0.435. The molecule has 0 bridgehead atoms. The van der Waals surface area contributed by atoms with Gasteiger partial charge in [-0.3, -0.25) is 4.79 Å². The van der Waals surface area contributed by atoms with Gasteiger partial charge in [0, 0.05) is 30.7 Å². The number of benzene rings is 1. The molecule has 0 saturated heterocycles. The number of anilines is 1. The Hall–Kier alpha value is -2.71. The van der Waals surface area contributed by atoms with Gasteiger partial charge in [0.05, 0.1) is 18.3 Å². The molecule has 8 heteroatoms. The number of amides is 1. The first-order chi connectivity index (χ1) is 14.9. The van der Waals surface area contributed by atoms with Crippen LogP contribution in [0.2, 0.25) is 0 Å². The lowest BCUT2D eigenvalue weighted by molar-refractivity contribution is 0.0732. The number of aryl methyl sites for hydroxylation is 1. The summed E-state index contributed by atoms with van der Waals surface area (Å²) in [7, 11) is 4.05. The van der Waals surface area contributed by atoms with E-state index in [2.05, 4.69) is 46.3 Å². The van der Waals surface area contributed by atoms with E-state index in [9.17, 15) is 4.79 Å². The van der Waals surface area contributed by atoms with Crippen LogP contribution in [0, 0.1) is 6.92 Å². The van der Waals surface area contributed by atoms with Crippen LogP contribution in [0.3, 0.4) is 0 Å². The highest BCUT2D eigenvalue weighted by molar-refractivity contribution is 7.11. The van der Waals surface area contributed by atoms with Crippen molar-refractivity contribution >= 4 is 23.1 Å². The Morgan fingerprint density at radius 1 is 1.23 bits per heavy atom. The van der Waals surface area contributed by atoms with Gasteiger partial charge in [0.15, 0.2) is 0 Å². The van der Waals surface area contributed by atoms with E-state index in [4.69, 9.17) is 0 Å². The molecule has 1 N–H and O–H groups in total. The zero-order valence-corrected chi connectivity index (χ0v) is 19.4. The summed E-state index contributed by atoms with van der Waals surface area (Å²) in [6.45, 7) is 6.23. The van der Waals surface area contributed by atoms with Crippen molar-refractivity contribution < 1.29 is 4.79 Å². The molecule has 0 saturated carbocycles. The van der Waals surface area contributed by atoms with Gasteiger partial charge in [-0.25, -0.2) is 9.67 Å². The number of thiazole rings is 1. The maximum atomic E-state index is 13.6. The largest absolute Gasteiger partial charge is 0.360 e. The van der Waals surface area contributed by atoms with E-state index in [1.54, 1.807) is 17.5 Å². The molecule has 1 aliphatic rings. The fourth-order valence-electron chi connectivity index (χ4n) is 3.90. The van der Waals surface area contributed by atoms with Crippen molar-refractivity contribution in [2.24, 2.45) is 0 Å². The molecule has 1 aromatic carbocycles. The summed E-state index contributed by atoms with van der Waals surface area (Å²) < 4.78 is 1.94. The number of hydrogen-bond acceptors (Lipinski definition) is 6. The second-order valence-electron chi connectivity index (χ2n) is 8.46. The summed E-state index contributed by atoms with van der Waals surface area (Å²) in [6.07, 6.45) is 4.51. The number of nitrogens with zero attached hydrogens (tertiary/aromatic N) is 5. The Morgan fingerprint density at radius 3 is 2.68 bits per heavy atom. The van der Waals surface area contributed by atoms with Gasteiger partial charge < -0.3 is 15.1 Å². The molecule has 0 spiro atoms. The van der Waals surface area contributed by atoms with E-state index in [1.165, 1.54) is 4.88 Å². The molecule has 1 amide bonds. The maximum Gasteiger partial charge on any atom is 0.259 e. The van der Waals surface area contributed by atoms with Gasteiger partial charge >= 0.3 is 0 Å². The lowest BCUT2D eigenvalue weighted by Crippen LogP contribution is -2.37. The summed E-state index contributed by atoms with van der Waals surface area (Å²) in [5.41, 5.74) is 1.74. The normalized spacial score (nSPS) is 18.0. The molecule has 164 valence electrons. The van der Waals surface area contributed by atoms with Crippen LogP contribution < -0.4 is 5.32 Å². The van der Waals surface area contributed by atoms with Crippen molar-refractivity contribution in [1.82, 2.24) is 24.6 Å². The number of hydrogen-bond donors (Lipinski definition) is 1. The van der Waals surface area contributed by atoms with Crippen molar-refractivity contribution in [3.05, 3.63) is 63.7 Å². The van der Waals surface area contributed by atoms with Crippen LogP contribution >= 0.6 is 11.3 Å². The van der Waals surface area contributed by atoms with Crippen molar-refractivity contribution in [3.8, 4) is 0 Å². The van der Waals surface area contributed by atoms with E-state index in [-0.39, 0.29) is 18.0 Å². The number of fused-ring (bicyclic) bond motifs is 1. The summed E-state index contributed by atoms with van der Waals surface area (Å²) in [4.78, 5) is 23.4. The molecule has 4 rings (SSSR count). The van der Waals surface area contributed by atoms with Gasteiger partial charge in [-0.2, -0.15) is 5.10 Å². The third-order valence-corrected chi connectivity index (χ3v) is 6.62. The Balaban J connectivity index is 1.61. The molecule has 2 atom stereocenters. The molecule has 2 unspecified atom stereocenters. The molecule has 1 aliphatic heterocycles. The van der Waals surface area contributed by atoms with Crippen LogP contribution in [0.25, 0.3) is 0 Å². The van der Waals surface area contributed by atoms with E-state index in [0.717, 1.165) is 29.4 Å². The summed E-state index contributed by atoms with van der Waals surface area (Å²) >= 11 is 1.70. The Morgan fingerprint density at radius 2 is 2.00 bits per heavy atom. The number of aromatic nitrogens is 3. The van der Waals surface area contributed by atoms with E-state index < -0.39 is 0 Å². The van der Waals surface area contributed by atoms with Gasteiger partial charge in [0.25, 0.3) is 5.91 Å². The van der Waals surface area contributed by atoms with Gasteiger partial charge in [-0.1, -0.05) is 30.3 Å². The van der Waals surface area contributed by atoms with Crippen molar-refractivity contribution in [2.75, 3.05) is 32.5 Å². The fourth-order valence-corrected chi connectivity index (χ4v) is 4.74. The third kappa shape index (κ3) is 4.80. The summed E-state index contributed by atoms with van der Waals surface area (Å²) in [5.74, 6) is 0.798. The molecule has 3 heterocycles. The van der Waals surface area contributed by atoms with E-state index in [1.807, 2.05) is 48.1 Å². The SMILES string of the molecule is Cc1cnc(C2CC(C)n3ncc(C(=O)N(CCN(C)C)Cc4ccccc4)c3N2)s1. The smallest absolute Gasteiger partial charge is 0.259 e. The Bertz CT molecular complexity index is 1030. The first kappa shape index (κ1) is 21.5. The Labute approximate surface area is 187 Å². The average Bonchev–Trinajstić information content (AvgIpc) is 3.38. The number of likely N-dealkylation sites (N-methyl/N-ethyl adjacent to an activating group) is 1. The second-order valence-corrected chi connectivity index (χ2v) is 9.72. The summed E-state index contributed by atoms with van der Waals surface area (Å²) in [6, 6.07) is 10.4. The topological polar surface area (TPSA) is 66.3 Å². The minimum Gasteiger partial charge on any atom is -0.360 e. The molecular formula is C23H30N6OS. The second kappa shape index (κ2) is 9.20. The molecule has 3 aromatic rings. The van der Waals surface area contributed by atoms with Gasteiger partial charge in [0.2, 0.25) is 0 Å². The highest BCUT2D eigenvalue weighted by Crippen LogP contribution is 2.37. The number of nitrogens with one attached hydrogen (secondary N) is 1. The van der Waals surface area contributed by atoms with Crippen molar-refractivity contribution in [1.29, 1.82) is 0 Å². The molecule has 0 aliphatic carbocycles. The maximum absolute atomic E-state index is 13.6. The van der Waals surface area contributed by atoms with E-state index >= 15 is 0 Å². The zero-order valence-electron chi connectivity index (χ0n) is 18.6. The van der Waals surface area contributed by atoms with Crippen LogP contribution in [0.15, 0.2) is 42.7 Å². The quantitative estimate of drug-likeness (QED) is 0.605. The van der Waals surface area contributed by atoms with Gasteiger partial charge in [0.1, 0.15) is 16.4 Å². The lowest BCUT2D eigenvalue weighted by atomic mass is 10.1. The van der Waals surface area contributed by atoms with Crippen LogP contribution in [-0.4, -0.2) is 57.7 Å². The van der Waals surface area contributed by atoms with Crippen LogP contribution in [-0.2, 0) is 6.54 Å². The van der Waals surface area contributed by atoms with Gasteiger partial charge in [-0.05, 0) is 39.9 Å². The van der Waals surface area contributed by atoms with Gasteiger partial charge in [-0.15, -0.1) is 11.3 Å². The lowest BCUT2D eigenvalue weighted by Gasteiger charge is -2.30. The summed E-state index contributed by atoms with van der Waals surface area (Å²) in [5, 5.41) is 9.18. The van der Waals surface area contributed by atoms with Crippen LogP contribution in [0.1, 0.15) is 51.2 Å². The molecule has 0 radical (unpaired) electrons. The number of rotatable bonds is 7. The van der Waals surface area contributed by atoms with Crippen molar-refractivity contribution in [2.45, 2.75) is 38.9 Å². The minimum atomic E-state index is 0.00243. The highest BCUT2D eigenvalue weighted by Gasteiger charge is 2.32. The first-order valence-electron chi connectivity index (χ1n) is 10.7. The standard InChI is InChI=1S/C23H30N6OS/c1-16-12-20(22-24-13-17(2)31-22)26-21-19(14-25-29(16)21)23(30)28(11-10-27(3)4)15-18-8-6-5-7-9-18/h5-9,13-14,16,20,26H,10-12,15H2,1-4H3. The molecular weight excluding hydrogens is 408 g/mol.